The van der Waals surface area contributed by atoms with E-state index in [0.717, 1.165) is 12.1 Å². The molecule has 0 unspecified atom stereocenters. The van der Waals surface area contributed by atoms with Gasteiger partial charge < -0.3 is 11.1 Å². The topological polar surface area (TPSA) is 98.2 Å². The monoisotopic (exact) mass is 377 g/mol. The molecule has 0 amide bonds. The molecule has 0 saturated carbocycles. The van der Waals surface area contributed by atoms with Gasteiger partial charge in [-0.25, -0.2) is 22.3 Å². The average Bonchev–Trinajstić information content (AvgIpc) is 2.36. The predicted octanol–water partition coefficient (Wildman–Crippen LogP) is 2.70. The molecule has 2 rings (SSSR count). The first-order valence-electron chi connectivity index (χ1n) is 5.52. The molecule has 0 aliphatic rings. The lowest BCUT2D eigenvalue weighted by Crippen LogP contribution is -2.14. The molecule has 5 nitrogen and oxygen atoms in total. The molecule has 21 heavy (non-hydrogen) atoms. The Labute approximate surface area is 128 Å². The normalized spacial score (nSPS) is 11.4. The summed E-state index contributed by atoms with van der Waals surface area (Å²) in [7, 11) is -4.06. The Bertz CT molecular complexity index is 812. The Kier molecular flexibility index (Phi) is 4.17. The average molecular weight is 378 g/mol. The summed E-state index contributed by atoms with van der Waals surface area (Å²) in [5, 5.41) is 7.64. The van der Waals surface area contributed by atoms with Crippen LogP contribution >= 0.6 is 15.9 Å². The first-order valence-corrected chi connectivity index (χ1v) is 7.86. The summed E-state index contributed by atoms with van der Waals surface area (Å²) in [6.45, 7) is 0. The van der Waals surface area contributed by atoms with Crippen LogP contribution in [0.15, 0.2) is 39.7 Å². The van der Waals surface area contributed by atoms with Crippen molar-refractivity contribution in [2.24, 2.45) is 5.14 Å². The van der Waals surface area contributed by atoms with E-state index < -0.39 is 21.7 Å². The zero-order chi connectivity index (χ0) is 15.8. The van der Waals surface area contributed by atoms with E-state index in [1.165, 1.54) is 12.1 Å². The second-order valence-electron chi connectivity index (χ2n) is 4.17. The number of nitrogens with one attached hydrogen (secondary N) is 1. The molecule has 0 heterocycles. The van der Waals surface area contributed by atoms with Crippen molar-refractivity contribution >= 4 is 43.0 Å². The molecular weight excluding hydrogens is 368 g/mol. The molecule has 5 N–H and O–H groups in total. The summed E-state index contributed by atoms with van der Waals surface area (Å²) in [5.41, 5.74) is 5.62. The minimum atomic E-state index is -4.06. The number of nitrogen functional groups attached to an aromatic ring is 1. The maximum atomic E-state index is 13.7. The third kappa shape index (κ3) is 3.49. The predicted molar refractivity (Wildman–Crippen MR) is 79.6 cm³/mol. The lowest BCUT2D eigenvalue weighted by Gasteiger charge is -2.12. The lowest BCUT2D eigenvalue weighted by atomic mass is 10.2. The highest BCUT2D eigenvalue weighted by Crippen LogP contribution is 2.30. The minimum Gasteiger partial charge on any atom is -0.399 e. The molecule has 0 saturated heterocycles. The van der Waals surface area contributed by atoms with E-state index in [-0.39, 0.29) is 26.4 Å². The standard InChI is InChI=1S/C12H10BrF2N3O2S/c13-7-4-11(9(15)5-8(7)14)18-10-2-1-6(16)3-12(10)21(17,19)20/h1-5,18H,16H2,(H2,17,19,20). The number of sulfonamides is 1. The van der Waals surface area contributed by atoms with Crippen LogP contribution in [0.25, 0.3) is 0 Å². The van der Waals surface area contributed by atoms with Gasteiger partial charge in [0.1, 0.15) is 16.5 Å². The van der Waals surface area contributed by atoms with Crippen LogP contribution in [-0.4, -0.2) is 8.42 Å². The van der Waals surface area contributed by atoms with Gasteiger partial charge in [-0.05, 0) is 40.2 Å². The molecular formula is C12H10BrF2N3O2S. The van der Waals surface area contributed by atoms with E-state index >= 15 is 0 Å². The molecule has 2 aromatic carbocycles. The quantitative estimate of drug-likeness (QED) is 0.565. The van der Waals surface area contributed by atoms with Crippen molar-refractivity contribution in [1.82, 2.24) is 0 Å². The van der Waals surface area contributed by atoms with Crippen molar-refractivity contribution in [2.45, 2.75) is 4.90 Å². The van der Waals surface area contributed by atoms with E-state index in [9.17, 15) is 17.2 Å². The number of anilines is 3. The first kappa shape index (κ1) is 15.7. The molecule has 0 atom stereocenters. The van der Waals surface area contributed by atoms with Gasteiger partial charge in [-0.3, -0.25) is 0 Å². The number of nitrogens with two attached hydrogens (primary N) is 2. The highest BCUT2D eigenvalue weighted by atomic mass is 79.9. The molecule has 0 aliphatic heterocycles. The molecule has 112 valence electrons. The second-order valence-corrected chi connectivity index (χ2v) is 6.56. The highest BCUT2D eigenvalue weighted by Gasteiger charge is 2.16. The van der Waals surface area contributed by atoms with Crippen LogP contribution in [0.5, 0.6) is 0 Å². The SMILES string of the molecule is Nc1ccc(Nc2cc(Br)c(F)cc2F)c(S(N)(=O)=O)c1. The van der Waals surface area contributed by atoms with Crippen LogP contribution in [0, 0.1) is 11.6 Å². The summed E-state index contributed by atoms with van der Waals surface area (Å²) in [4.78, 5) is -0.289. The summed E-state index contributed by atoms with van der Waals surface area (Å²) >= 11 is 2.92. The molecule has 0 fully saturated rings. The molecule has 9 heteroatoms. The van der Waals surface area contributed by atoms with Gasteiger partial charge in [-0.15, -0.1) is 0 Å². The van der Waals surface area contributed by atoms with Gasteiger partial charge >= 0.3 is 0 Å². The largest absolute Gasteiger partial charge is 0.399 e. The van der Waals surface area contributed by atoms with E-state index in [1.54, 1.807) is 0 Å². The fourth-order valence-corrected chi connectivity index (χ4v) is 2.71. The van der Waals surface area contributed by atoms with Crippen molar-refractivity contribution in [3.63, 3.8) is 0 Å². The summed E-state index contributed by atoms with van der Waals surface area (Å²) in [6.07, 6.45) is 0. The number of hydrogen-bond acceptors (Lipinski definition) is 4. The lowest BCUT2D eigenvalue weighted by molar-refractivity contribution is 0.581. The van der Waals surface area contributed by atoms with Crippen molar-refractivity contribution in [3.8, 4) is 0 Å². The van der Waals surface area contributed by atoms with Gasteiger partial charge in [-0.1, -0.05) is 0 Å². The third-order valence-corrected chi connectivity index (χ3v) is 4.15. The maximum Gasteiger partial charge on any atom is 0.240 e. The van der Waals surface area contributed by atoms with Crippen molar-refractivity contribution < 1.29 is 17.2 Å². The van der Waals surface area contributed by atoms with Crippen LogP contribution in [0.3, 0.4) is 0 Å². The number of primary sulfonamides is 1. The van der Waals surface area contributed by atoms with Crippen molar-refractivity contribution in [1.29, 1.82) is 0 Å². The Balaban J connectivity index is 2.53. The molecule has 0 aliphatic carbocycles. The van der Waals surface area contributed by atoms with Crippen LogP contribution in [0.2, 0.25) is 0 Å². The molecule has 0 spiro atoms. The Hall–Kier alpha value is -1.71. The highest BCUT2D eigenvalue weighted by molar-refractivity contribution is 9.10. The smallest absolute Gasteiger partial charge is 0.240 e. The number of rotatable bonds is 3. The minimum absolute atomic E-state index is 0.0269. The van der Waals surface area contributed by atoms with E-state index in [4.69, 9.17) is 10.9 Å². The Morgan fingerprint density at radius 2 is 1.71 bits per heavy atom. The van der Waals surface area contributed by atoms with Crippen LogP contribution < -0.4 is 16.2 Å². The Morgan fingerprint density at radius 3 is 2.33 bits per heavy atom. The fraction of sp³-hybridized carbons (Fsp3) is 0. The third-order valence-electron chi connectivity index (χ3n) is 2.59. The zero-order valence-electron chi connectivity index (χ0n) is 10.4. The molecule has 0 bridgehead atoms. The van der Waals surface area contributed by atoms with Gasteiger partial charge in [0, 0.05) is 11.8 Å². The molecule has 2 aromatic rings. The summed E-state index contributed by atoms with van der Waals surface area (Å²) in [5.74, 6) is -1.66. The van der Waals surface area contributed by atoms with Crippen LogP contribution in [-0.2, 0) is 10.0 Å². The van der Waals surface area contributed by atoms with Crippen molar-refractivity contribution in [2.75, 3.05) is 11.1 Å². The number of halogens is 3. The van der Waals surface area contributed by atoms with E-state index in [1.807, 2.05) is 0 Å². The Morgan fingerprint density at radius 1 is 1.05 bits per heavy atom. The van der Waals surface area contributed by atoms with E-state index in [2.05, 4.69) is 21.2 Å². The maximum absolute atomic E-state index is 13.7. The number of hydrogen-bond donors (Lipinski definition) is 3. The molecule has 0 aromatic heterocycles. The van der Waals surface area contributed by atoms with Gasteiger partial charge in [0.2, 0.25) is 10.0 Å². The van der Waals surface area contributed by atoms with Gasteiger partial charge in [0.25, 0.3) is 0 Å². The van der Waals surface area contributed by atoms with Crippen molar-refractivity contribution in [3.05, 3.63) is 46.4 Å². The summed E-state index contributed by atoms with van der Waals surface area (Å²) in [6, 6.07) is 5.72. The number of benzene rings is 2. The van der Waals surface area contributed by atoms with E-state index in [0.29, 0.717) is 6.07 Å². The zero-order valence-corrected chi connectivity index (χ0v) is 12.8. The molecule has 0 radical (unpaired) electrons. The van der Waals surface area contributed by atoms with Gasteiger partial charge in [0.15, 0.2) is 0 Å². The first-order chi connectivity index (χ1) is 9.68. The van der Waals surface area contributed by atoms with Gasteiger partial charge in [-0.2, -0.15) is 0 Å². The van der Waals surface area contributed by atoms with Crippen LogP contribution in [0.4, 0.5) is 25.8 Å². The summed E-state index contributed by atoms with van der Waals surface area (Å²) < 4.78 is 49.9. The second kappa shape index (κ2) is 5.58. The van der Waals surface area contributed by atoms with Crippen LogP contribution in [0.1, 0.15) is 0 Å². The van der Waals surface area contributed by atoms with Gasteiger partial charge in [0.05, 0.1) is 15.8 Å². The fourth-order valence-electron chi connectivity index (χ4n) is 1.64.